The maximum absolute atomic E-state index is 6.41. The smallest absolute Gasteiger partial charge is 0.163 e. The molecule has 0 aromatic heterocycles. The van der Waals surface area contributed by atoms with Gasteiger partial charge in [0.05, 0.1) is 7.11 Å². The molecule has 0 atom stereocenters. The lowest BCUT2D eigenvalue weighted by Crippen LogP contribution is -2.15. The molecule has 2 rings (SSSR count). The van der Waals surface area contributed by atoms with Crippen molar-refractivity contribution < 1.29 is 9.47 Å². The third-order valence-electron chi connectivity index (χ3n) is 4.00. The first-order valence-corrected chi connectivity index (χ1v) is 9.82. The van der Waals surface area contributed by atoms with E-state index >= 15 is 0 Å². The zero-order valence-corrected chi connectivity index (χ0v) is 17.3. The molecule has 0 fully saturated rings. The van der Waals surface area contributed by atoms with Crippen molar-refractivity contribution in [2.24, 2.45) is 0 Å². The standard InChI is InChI=1S/C20H24Cl3NO2/c1-3-4-5-8-24-12-15-9-19(25-2)20(11-18(15)23)26-13-14-6-7-16(21)10-17(14)22/h6-7,9-11,24H,3-5,8,12-13H2,1-2H3. The Labute approximate surface area is 170 Å². The van der Waals surface area contributed by atoms with Crippen molar-refractivity contribution >= 4 is 34.8 Å². The predicted octanol–water partition coefficient (Wildman–Crippen LogP) is 6.51. The van der Waals surface area contributed by atoms with Crippen LogP contribution in [-0.2, 0) is 13.2 Å². The number of halogens is 3. The summed E-state index contributed by atoms with van der Waals surface area (Å²) in [6.07, 6.45) is 3.60. The predicted molar refractivity (Wildman–Crippen MR) is 110 cm³/mol. The lowest BCUT2D eigenvalue weighted by atomic mass is 10.2. The molecule has 0 bridgehead atoms. The third-order valence-corrected chi connectivity index (χ3v) is 4.94. The molecule has 0 saturated carbocycles. The van der Waals surface area contributed by atoms with E-state index in [1.54, 1.807) is 25.3 Å². The van der Waals surface area contributed by atoms with Crippen LogP contribution in [0.5, 0.6) is 11.5 Å². The number of nitrogens with one attached hydrogen (secondary N) is 1. The van der Waals surface area contributed by atoms with Crippen LogP contribution < -0.4 is 14.8 Å². The van der Waals surface area contributed by atoms with Crippen molar-refractivity contribution in [3.63, 3.8) is 0 Å². The van der Waals surface area contributed by atoms with Crippen LogP contribution in [0.15, 0.2) is 30.3 Å². The van der Waals surface area contributed by atoms with Crippen LogP contribution in [-0.4, -0.2) is 13.7 Å². The molecule has 0 heterocycles. The molecule has 26 heavy (non-hydrogen) atoms. The Morgan fingerprint density at radius 1 is 0.923 bits per heavy atom. The SMILES string of the molecule is CCCCCNCc1cc(OC)c(OCc2ccc(Cl)cc2Cl)cc1Cl. The van der Waals surface area contributed by atoms with Gasteiger partial charge in [-0.2, -0.15) is 0 Å². The molecule has 0 aliphatic rings. The molecule has 1 N–H and O–H groups in total. The van der Waals surface area contributed by atoms with Gasteiger partial charge in [0.25, 0.3) is 0 Å². The van der Waals surface area contributed by atoms with Gasteiger partial charge in [-0.25, -0.2) is 0 Å². The number of ether oxygens (including phenoxy) is 2. The monoisotopic (exact) mass is 415 g/mol. The summed E-state index contributed by atoms with van der Waals surface area (Å²) in [6.45, 7) is 4.16. The lowest BCUT2D eigenvalue weighted by Gasteiger charge is -2.15. The fourth-order valence-corrected chi connectivity index (χ4v) is 3.19. The molecule has 6 heteroatoms. The fourth-order valence-electron chi connectivity index (χ4n) is 2.50. The molecule has 0 spiro atoms. The Hall–Kier alpha value is -1.13. The zero-order chi connectivity index (χ0) is 18.9. The Morgan fingerprint density at radius 2 is 1.69 bits per heavy atom. The van der Waals surface area contributed by atoms with Crippen molar-refractivity contribution in [3.05, 3.63) is 56.5 Å². The van der Waals surface area contributed by atoms with Crippen LogP contribution in [0.4, 0.5) is 0 Å². The summed E-state index contributed by atoms with van der Waals surface area (Å²) in [6, 6.07) is 9.01. The van der Waals surface area contributed by atoms with Crippen molar-refractivity contribution in [1.82, 2.24) is 5.32 Å². The molecular formula is C20H24Cl3NO2. The zero-order valence-electron chi connectivity index (χ0n) is 15.1. The van der Waals surface area contributed by atoms with Gasteiger partial charge in [-0.05, 0) is 36.7 Å². The highest BCUT2D eigenvalue weighted by molar-refractivity contribution is 6.35. The van der Waals surface area contributed by atoms with Gasteiger partial charge < -0.3 is 14.8 Å². The maximum atomic E-state index is 6.41. The third kappa shape index (κ3) is 6.24. The van der Waals surface area contributed by atoms with Gasteiger partial charge in [-0.3, -0.25) is 0 Å². The molecule has 142 valence electrons. The van der Waals surface area contributed by atoms with E-state index in [1.165, 1.54) is 12.8 Å². The van der Waals surface area contributed by atoms with E-state index in [0.29, 0.717) is 39.7 Å². The number of benzene rings is 2. The summed E-state index contributed by atoms with van der Waals surface area (Å²) in [5.74, 6) is 1.23. The van der Waals surface area contributed by atoms with Crippen molar-refractivity contribution in [1.29, 1.82) is 0 Å². The van der Waals surface area contributed by atoms with E-state index in [1.807, 2.05) is 12.1 Å². The van der Waals surface area contributed by atoms with Crippen LogP contribution in [0.25, 0.3) is 0 Å². The van der Waals surface area contributed by atoms with Gasteiger partial charge in [-0.1, -0.05) is 60.6 Å². The Bertz CT molecular complexity index is 722. The lowest BCUT2D eigenvalue weighted by molar-refractivity contribution is 0.284. The molecule has 0 radical (unpaired) electrons. The Kier molecular flexibility index (Phi) is 8.86. The normalized spacial score (nSPS) is 10.8. The van der Waals surface area contributed by atoms with Gasteiger partial charge in [-0.15, -0.1) is 0 Å². The topological polar surface area (TPSA) is 30.5 Å². The molecule has 3 nitrogen and oxygen atoms in total. The highest BCUT2D eigenvalue weighted by Gasteiger charge is 2.12. The van der Waals surface area contributed by atoms with Gasteiger partial charge in [0.2, 0.25) is 0 Å². The second kappa shape index (κ2) is 10.9. The highest BCUT2D eigenvalue weighted by atomic mass is 35.5. The minimum absolute atomic E-state index is 0.303. The summed E-state index contributed by atoms with van der Waals surface area (Å²) in [5, 5.41) is 5.21. The second-order valence-corrected chi connectivity index (χ2v) is 7.25. The number of methoxy groups -OCH3 is 1. The molecule has 0 saturated heterocycles. The van der Waals surface area contributed by atoms with Crippen molar-refractivity contribution in [3.8, 4) is 11.5 Å². The molecule has 0 aliphatic heterocycles. The van der Waals surface area contributed by atoms with Crippen LogP contribution in [0, 0.1) is 0 Å². The maximum Gasteiger partial charge on any atom is 0.163 e. The largest absolute Gasteiger partial charge is 0.493 e. The number of hydrogen-bond donors (Lipinski definition) is 1. The first kappa shape index (κ1) is 21.2. The molecule has 2 aromatic rings. The van der Waals surface area contributed by atoms with Gasteiger partial charge >= 0.3 is 0 Å². The van der Waals surface area contributed by atoms with E-state index in [-0.39, 0.29) is 0 Å². The fraction of sp³-hybridized carbons (Fsp3) is 0.400. The minimum atomic E-state index is 0.303. The summed E-state index contributed by atoms with van der Waals surface area (Å²) in [4.78, 5) is 0. The van der Waals surface area contributed by atoms with E-state index in [2.05, 4.69) is 12.2 Å². The first-order chi connectivity index (χ1) is 12.5. The number of hydrogen-bond acceptors (Lipinski definition) is 3. The van der Waals surface area contributed by atoms with Crippen LogP contribution in [0.2, 0.25) is 15.1 Å². The summed E-state index contributed by atoms with van der Waals surface area (Å²) >= 11 is 18.5. The average Bonchev–Trinajstić information content (AvgIpc) is 2.62. The Morgan fingerprint density at radius 3 is 2.38 bits per heavy atom. The van der Waals surface area contributed by atoms with Crippen LogP contribution >= 0.6 is 34.8 Å². The molecule has 0 amide bonds. The Balaban J connectivity index is 2.03. The van der Waals surface area contributed by atoms with E-state index in [9.17, 15) is 0 Å². The average molecular weight is 417 g/mol. The van der Waals surface area contributed by atoms with E-state index in [4.69, 9.17) is 44.3 Å². The molecule has 0 aliphatic carbocycles. The second-order valence-electron chi connectivity index (χ2n) is 6.00. The van der Waals surface area contributed by atoms with Gasteiger partial charge in [0, 0.05) is 33.2 Å². The van der Waals surface area contributed by atoms with Crippen molar-refractivity contribution in [2.75, 3.05) is 13.7 Å². The van der Waals surface area contributed by atoms with Gasteiger partial charge in [0.15, 0.2) is 11.5 Å². The molecular weight excluding hydrogens is 393 g/mol. The van der Waals surface area contributed by atoms with E-state index in [0.717, 1.165) is 24.1 Å². The summed E-state index contributed by atoms with van der Waals surface area (Å²) in [7, 11) is 1.61. The summed E-state index contributed by atoms with van der Waals surface area (Å²) in [5.41, 5.74) is 1.83. The molecule has 2 aromatic carbocycles. The van der Waals surface area contributed by atoms with E-state index < -0.39 is 0 Å². The quantitative estimate of drug-likeness (QED) is 0.447. The van der Waals surface area contributed by atoms with Crippen molar-refractivity contribution in [2.45, 2.75) is 39.3 Å². The first-order valence-electron chi connectivity index (χ1n) is 8.69. The van der Waals surface area contributed by atoms with Gasteiger partial charge in [0.1, 0.15) is 6.61 Å². The van der Waals surface area contributed by atoms with Crippen LogP contribution in [0.1, 0.15) is 37.3 Å². The highest BCUT2D eigenvalue weighted by Crippen LogP contribution is 2.34. The van der Waals surface area contributed by atoms with Crippen LogP contribution in [0.3, 0.4) is 0 Å². The summed E-state index contributed by atoms with van der Waals surface area (Å²) < 4.78 is 11.3. The number of unbranched alkanes of at least 4 members (excludes halogenated alkanes) is 2. The minimum Gasteiger partial charge on any atom is -0.493 e. The molecule has 0 unspecified atom stereocenters. The number of rotatable bonds is 10.